The number of hydrogen-bond donors (Lipinski definition) is 2. The van der Waals surface area contributed by atoms with Gasteiger partial charge in [0.2, 0.25) is 0 Å². The first-order chi connectivity index (χ1) is 12.1. The predicted octanol–water partition coefficient (Wildman–Crippen LogP) is 1.89. The number of aromatic hydroxyl groups is 1. The summed E-state index contributed by atoms with van der Waals surface area (Å²) >= 11 is 0. The topological polar surface area (TPSA) is 96.6 Å². The van der Waals surface area contributed by atoms with Gasteiger partial charge in [0.05, 0.1) is 11.7 Å². The third-order valence-corrected chi connectivity index (χ3v) is 3.77. The number of aryl methyl sites for hydroxylation is 1. The first kappa shape index (κ1) is 16.4. The number of fused-ring (bicyclic) bond motifs is 1. The average Bonchev–Trinajstić information content (AvgIpc) is 2.63. The molecule has 3 aromatic rings. The van der Waals surface area contributed by atoms with Crippen LogP contribution in [0.3, 0.4) is 0 Å². The first-order valence-electron chi connectivity index (χ1n) is 7.71. The molecule has 2 heterocycles. The number of hydrogen-bond acceptors (Lipinski definition) is 5. The summed E-state index contributed by atoms with van der Waals surface area (Å²) in [5.41, 5.74) is 2.71. The van der Waals surface area contributed by atoms with E-state index in [4.69, 9.17) is 0 Å². The third kappa shape index (κ3) is 3.12. The Kier molecular flexibility index (Phi) is 4.56. The lowest BCUT2D eigenvalue weighted by Gasteiger charge is -2.12. The molecule has 0 saturated carbocycles. The van der Waals surface area contributed by atoms with Crippen LogP contribution < -0.4 is 11.0 Å². The molecule has 3 rings (SSSR count). The molecular formula is C18H16N4O3. The standard InChI is InChI=1S/C18H16N4O3/c1-2-22-14-6-4-3-5-13(14)16(23)15(18(22)25)17(24)21-20-11-12-7-9-19-10-8-12/h3-11,23H,2H2,1H3,(H,21,24)/b20-11-. The van der Waals surface area contributed by atoms with Crippen LogP contribution in [-0.2, 0) is 6.54 Å². The zero-order valence-corrected chi connectivity index (χ0v) is 13.5. The number of carbonyl (C=O) groups is 1. The zero-order valence-electron chi connectivity index (χ0n) is 13.5. The molecular weight excluding hydrogens is 320 g/mol. The molecule has 0 aliphatic rings. The zero-order chi connectivity index (χ0) is 17.8. The van der Waals surface area contributed by atoms with E-state index in [9.17, 15) is 14.7 Å². The summed E-state index contributed by atoms with van der Waals surface area (Å²) in [7, 11) is 0. The lowest BCUT2D eigenvalue weighted by Crippen LogP contribution is -2.31. The van der Waals surface area contributed by atoms with E-state index < -0.39 is 11.5 Å². The fourth-order valence-corrected chi connectivity index (χ4v) is 2.58. The maximum absolute atomic E-state index is 12.6. The molecule has 0 bridgehead atoms. The highest BCUT2D eigenvalue weighted by molar-refractivity contribution is 6.02. The van der Waals surface area contributed by atoms with E-state index in [0.717, 1.165) is 5.56 Å². The number of rotatable bonds is 4. The van der Waals surface area contributed by atoms with Gasteiger partial charge in [-0.15, -0.1) is 0 Å². The van der Waals surface area contributed by atoms with Gasteiger partial charge in [-0.1, -0.05) is 12.1 Å². The number of amides is 1. The van der Waals surface area contributed by atoms with Crippen LogP contribution >= 0.6 is 0 Å². The maximum atomic E-state index is 12.6. The normalized spacial score (nSPS) is 11.1. The Bertz CT molecular complexity index is 1010. The molecule has 7 nitrogen and oxygen atoms in total. The van der Waals surface area contributed by atoms with E-state index in [1.807, 2.05) is 0 Å². The molecule has 126 valence electrons. The minimum Gasteiger partial charge on any atom is -0.506 e. The number of nitrogens with zero attached hydrogens (tertiary/aromatic N) is 3. The van der Waals surface area contributed by atoms with E-state index in [0.29, 0.717) is 17.4 Å². The maximum Gasteiger partial charge on any atom is 0.280 e. The lowest BCUT2D eigenvalue weighted by molar-refractivity contribution is 0.0950. The number of nitrogens with one attached hydrogen (secondary N) is 1. The van der Waals surface area contributed by atoms with E-state index in [2.05, 4.69) is 15.5 Å². The number of aromatic nitrogens is 2. The molecule has 0 aliphatic heterocycles. The molecule has 2 N–H and O–H groups in total. The van der Waals surface area contributed by atoms with Crippen molar-refractivity contribution in [2.24, 2.45) is 5.10 Å². The van der Waals surface area contributed by atoms with E-state index in [1.54, 1.807) is 55.7 Å². The highest BCUT2D eigenvalue weighted by Crippen LogP contribution is 2.26. The minimum absolute atomic E-state index is 0.326. The van der Waals surface area contributed by atoms with Gasteiger partial charge >= 0.3 is 0 Å². The summed E-state index contributed by atoms with van der Waals surface area (Å²) in [6, 6.07) is 10.3. The summed E-state index contributed by atoms with van der Waals surface area (Å²) < 4.78 is 1.44. The molecule has 0 fully saturated rings. The molecule has 25 heavy (non-hydrogen) atoms. The second-order valence-electron chi connectivity index (χ2n) is 5.27. The Morgan fingerprint density at radius 1 is 1.28 bits per heavy atom. The van der Waals surface area contributed by atoms with Crippen molar-refractivity contribution in [3.05, 3.63) is 70.3 Å². The number of carbonyl (C=O) groups excluding carboxylic acids is 1. The molecule has 7 heteroatoms. The summed E-state index contributed by atoms with van der Waals surface area (Å²) in [6.45, 7) is 2.17. The Morgan fingerprint density at radius 3 is 2.72 bits per heavy atom. The lowest BCUT2D eigenvalue weighted by atomic mass is 10.1. The first-order valence-corrected chi connectivity index (χ1v) is 7.71. The van der Waals surface area contributed by atoms with E-state index >= 15 is 0 Å². The predicted molar refractivity (Wildman–Crippen MR) is 94.8 cm³/mol. The van der Waals surface area contributed by atoms with Crippen molar-refractivity contribution in [2.45, 2.75) is 13.5 Å². The fraction of sp³-hybridized carbons (Fsp3) is 0.111. The molecule has 0 atom stereocenters. The quantitative estimate of drug-likeness (QED) is 0.561. The number of pyridine rings is 2. The Morgan fingerprint density at radius 2 is 2.00 bits per heavy atom. The van der Waals surface area contributed by atoms with Crippen LogP contribution in [0.1, 0.15) is 22.8 Å². The van der Waals surface area contributed by atoms with Crippen molar-refractivity contribution >= 4 is 23.0 Å². The number of para-hydroxylation sites is 1. The van der Waals surface area contributed by atoms with Crippen molar-refractivity contribution in [3.8, 4) is 5.75 Å². The van der Waals surface area contributed by atoms with Crippen molar-refractivity contribution in [2.75, 3.05) is 0 Å². The average molecular weight is 336 g/mol. The highest BCUT2D eigenvalue weighted by Gasteiger charge is 2.21. The highest BCUT2D eigenvalue weighted by atomic mass is 16.3. The number of hydrazone groups is 1. The van der Waals surface area contributed by atoms with E-state index in [1.165, 1.54) is 10.8 Å². The van der Waals surface area contributed by atoms with Crippen LogP contribution in [0.4, 0.5) is 0 Å². The Hall–Kier alpha value is -3.48. The molecule has 0 saturated heterocycles. The largest absolute Gasteiger partial charge is 0.506 e. The van der Waals surface area contributed by atoms with Crippen LogP contribution in [0.15, 0.2) is 58.7 Å². The van der Waals surface area contributed by atoms with Crippen molar-refractivity contribution in [1.29, 1.82) is 0 Å². The summed E-state index contributed by atoms with van der Waals surface area (Å²) in [5.74, 6) is -1.11. The van der Waals surface area contributed by atoms with E-state index in [-0.39, 0.29) is 11.3 Å². The Labute approximate surface area is 143 Å². The minimum atomic E-state index is -0.763. The molecule has 1 amide bonds. The second-order valence-corrected chi connectivity index (χ2v) is 5.27. The monoisotopic (exact) mass is 336 g/mol. The summed E-state index contributed by atoms with van der Waals surface area (Å²) in [4.78, 5) is 28.9. The molecule has 1 aromatic carbocycles. The fourth-order valence-electron chi connectivity index (χ4n) is 2.58. The van der Waals surface area contributed by atoms with Crippen LogP contribution in [-0.4, -0.2) is 26.8 Å². The summed E-state index contributed by atoms with van der Waals surface area (Å²) in [5, 5.41) is 14.7. The van der Waals surface area contributed by atoms with Crippen molar-refractivity contribution < 1.29 is 9.90 Å². The Balaban J connectivity index is 1.99. The van der Waals surface area contributed by atoms with Crippen molar-refractivity contribution in [1.82, 2.24) is 15.0 Å². The van der Waals surface area contributed by atoms with Gasteiger partial charge in [-0.25, -0.2) is 5.43 Å². The third-order valence-electron chi connectivity index (χ3n) is 3.77. The van der Waals surface area contributed by atoms with Gasteiger partial charge in [0, 0.05) is 24.3 Å². The van der Waals surface area contributed by atoms with Crippen LogP contribution in [0.2, 0.25) is 0 Å². The molecule has 0 spiro atoms. The van der Waals surface area contributed by atoms with Crippen LogP contribution in [0.25, 0.3) is 10.9 Å². The van der Waals surface area contributed by atoms with Crippen molar-refractivity contribution in [3.63, 3.8) is 0 Å². The van der Waals surface area contributed by atoms with Crippen LogP contribution in [0, 0.1) is 0 Å². The number of benzene rings is 1. The smallest absolute Gasteiger partial charge is 0.280 e. The molecule has 0 unspecified atom stereocenters. The molecule has 0 aliphatic carbocycles. The molecule has 2 aromatic heterocycles. The van der Waals surface area contributed by atoms with Gasteiger partial charge in [0.15, 0.2) is 0 Å². The van der Waals surface area contributed by atoms with Crippen LogP contribution in [0.5, 0.6) is 5.75 Å². The van der Waals surface area contributed by atoms with Gasteiger partial charge < -0.3 is 9.67 Å². The summed E-state index contributed by atoms with van der Waals surface area (Å²) in [6.07, 6.45) is 4.62. The SMILES string of the molecule is CCn1c(=O)c(C(=O)N/N=C\c2ccncc2)c(O)c2ccccc21. The van der Waals surface area contributed by atoms with Gasteiger partial charge in [-0.3, -0.25) is 14.6 Å². The molecule has 0 radical (unpaired) electrons. The second kappa shape index (κ2) is 6.96. The van der Waals surface area contributed by atoms with Gasteiger partial charge in [-0.2, -0.15) is 5.10 Å². The van der Waals surface area contributed by atoms with Gasteiger partial charge in [0.1, 0.15) is 11.3 Å². The van der Waals surface area contributed by atoms with Gasteiger partial charge in [-0.05, 0) is 36.8 Å². The van der Waals surface area contributed by atoms with Gasteiger partial charge in [0.25, 0.3) is 11.5 Å².